The lowest BCUT2D eigenvalue weighted by Crippen LogP contribution is -2.31. The van der Waals surface area contributed by atoms with Gasteiger partial charge in [-0.3, -0.25) is 9.59 Å². The van der Waals surface area contributed by atoms with Gasteiger partial charge in [0.25, 0.3) is 5.56 Å². The van der Waals surface area contributed by atoms with Crippen LogP contribution in [0, 0.1) is 6.92 Å². The van der Waals surface area contributed by atoms with Gasteiger partial charge in [0.15, 0.2) is 16.7 Å². The van der Waals surface area contributed by atoms with E-state index >= 15 is 0 Å². The minimum Gasteiger partial charge on any atom is -0.493 e. The number of hydrogen-bond donors (Lipinski definition) is 2. The van der Waals surface area contributed by atoms with Crippen LogP contribution in [-0.2, 0) is 10.5 Å². The zero-order chi connectivity index (χ0) is 22.7. The van der Waals surface area contributed by atoms with E-state index in [0.29, 0.717) is 40.4 Å². The first-order valence-corrected chi connectivity index (χ1v) is 11.4. The Hall–Kier alpha value is -3.26. The van der Waals surface area contributed by atoms with Gasteiger partial charge in [0, 0.05) is 18.1 Å². The van der Waals surface area contributed by atoms with Gasteiger partial charge in [-0.25, -0.2) is 4.98 Å². The number of aromatic nitrogens is 2. The maximum Gasteiger partial charge on any atom is 0.257 e. The smallest absolute Gasteiger partial charge is 0.257 e. The van der Waals surface area contributed by atoms with E-state index in [1.165, 1.54) is 17.3 Å². The predicted molar refractivity (Wildman–Crippen MR) is 125 cm³/mol. The third-order valence-electron chi connectivity index (χ3n) is 5.32. The van der Waals surface area contributed by atoms with Gasteiger partial charge in [-0.1, -0.05) is 47.7 Å². The molecule has 1 atom stereocenters. The molecule has 8 heteroatoms. The summed E-state index contributed by atoms with van der Waals surface area (Å²) < 4.78 is 11.0. The van der Waals surface area contributed by atoms with E-state index in [2.05, 4.69) is 39.6 Å². The van der Waals surface area contributed by atoms with Crippen molar-refractivity contribution in [2.24, 2.45) is 0 Å². The molecular formula is C24H25N3O4S. The molecule has 166 valence electrons. The van der Waals surface area contributed by atoms with Gasteiger partial charge in [-0.05, 0) is 37.1 Å². The second kappa shape index (κ2) is 9.48. The summed E-state index contributed by atoms with van der Waals surface area (Å²) >= 11 is 1.42. The highest BCUT2D eigenvalue weighted by atomic mass is 32.2. The lowest BCUT2D eigenvalue weighted by atomic mass is 9.86. The van der Waals surface area contributed by atoms with Crippen molar-refractivity contribution in [3.63, 3.8) is 0 Å². The maximum atomic E-state index is 13.0. The molecule has 0 saturated heterocycles. The van der Waals surface area contributed by atoms with E-state index in [4.69, 9.17) is 9.47 Å². The monoisotopic (exact) mass is 451 g/mol. The van der Waals surface area contributed by atoms with Crippen LogP contribution in [0.3, 0.4) is 0 Å². The number of benzene rings is 2. The van der Waals surface area contributed by atoms with Crippen LogP contribution >= 0.6 is 11.8 Å². The molecule has 0 spiro atoms. The third-order valence-corrected chi connectivity index (χ3v) is 6.26. The quantitative estimate of drug-likeness (QED) is 0.412. The van der Waals surface area contributed by atoms with Crippen molar-refractivity contribution in [3.8, 4) is 11.5 Å². The summed E-state index contributed by atoms with van der Waals surface area (Å²) in [6.07, 6.45) is 0.158. The number of fused-ring (bicyclic) bond motifs is 1. The SMILES string of the molecule is CCOc1cc(C2CC(=O)Nc3nc(SCc4ccc(C)cc4)[nH]c(=O)c32)ccc1OC. The summed E-state index contributed by atoms with van der Waals surface area (Å²) in [6, 6.07) is 13.7. The van der Waals surface area contributed by atoms with Crippen molar-refractivity contribution in [3.05, 3.63) is 75.1 Å². The summed E-state index contributed by atoms with van der Waals surface area (Å²) in [5, 5.41) is 3.24. The van der Waals surface area contributed by atoms with Gasteiger partial charge in [0.1, 0.15) is 5.82 Å². The lowest BCUT2D eigenvalue weighted by molar-refractivity contribution is -0.116. The Kier molecular flexibility index (Phi) is 6.50. The number of carbonyl (C=O) groups excluding carboxylic acids is 1. The summed E-state index contributed by atoms with van der Waals surface area (Å²) in [5.74, 6) is 1.56. The molecule has 1 aliphatic rings. The molecule has 1 amide bonds. The van der Waals surface area contributed by atoms with Crippen LogP contribution in [0.5, 0.6) is 11.5 Å². The number of methoxy groups -OCH3 is 1. The van der Waals surface area contributed by atoms with Gasteiger partial charge in [-0.2, -0.15) is 0 Å². The van der Waals surface area contributed by atoms with Crippen LogP contribution in [-0.4, -0.2) is 29.6 Å². The molecule has 0 aliphatic carbocycles. The van der Waals surface area contributed by atoms with Crippen LogP contribution in [0.1, 0.15) is 41.5 Å². The number of aromatic amines is 1. The topological polar surface area (TPSA) is 93.3 Å². The zero-order valence-corrected chi connectivity index (χ0v) is 19.0. The number of rotatable bonds is 7. The molecule has 32 heavy (non-hydrogen) atoms. The molecule has 0 fully saturated rings. The molecule has 0 bridgehead atoms. The van der Waals surface area contributed by atoms with Crippen molar-refractivity contribution in [2.75, 3.05) is 19.0 Å². The molecule has 2 heterocycles. The van der Waals surface area contributed by atoms with Crippen LogP contribution in [0.15, 0.2) is 52.4 Å². The molecule has 7 nitrogen and oxygen atoms in total. The normalized spacial score (nSPS) is 15.1. The standard InChI is InChI=1S/C24H25N3O4S/c1-4-31-19-11-16(9-10-18(19)30-3)17-12-20(28)25-22-21(17)23(29)27-24(26-22)32-13-15-7-5-14(2)6-8-15/h5-11,17H,4,12-13H2,1-3H3,(H2,25,26,27,28,29). The Morgan fingerprint density at radius 3 is 2.62 bits per heavy atom. The van der Waals surface area contributed by atoms with Crippen LogP contribution in [0.4, 0.5) is 5.82 Å². The lowest BCUT2D eigenvalue weighted by Gasteiger charge is -2.25. The first kappa shape index (κ1) is 22.0. The fourth-order valence-electron chi connectivity index (χ4n) is 3.72. The van der Waals surface area contributed by atoms with Crippen molar-refractivity contribution in [2.45, 2.75) is 37.1 Å². The molecule has 4 rings (SSSR count). The molecule has 0 saturated carbocycles. The number of ether oxygens (including phenoxy) is 2. The van der Waals surface area contributed by atoms with E-state index in [-0.39, 0.29) is 17.9 Å². The van der Waals surface area contributed by atoms with E-state index in [1.54, 1.807) is 13.2 Å². The van der Waals surface area contributed by atoms with Gasteiger partial charge < -0.3 is 19.8 Å². The Morgan fingerprint density at radius 1 is 1.12 bits per heavy atom. The van der Waals surface area contributed by atoms with Crippen molar-refractivity contribution < 1.29 is 14.3 Å². The molecule has 1 aliphatic heterocycles. The predicted octanol–water partition coefficient (Wildman–Crippen LogP) is 4.25. The largest absolute Gasteiger partial charge is 0.493 e. The van der Waals surface area contributed by atoms with E-state index in [9.17, 15) is 9.59 Å². The second-order valence-corrected chi connectivity index (χ2v) is 8.52. The number of aryl methyl sites for hydroxylation is 1. The number of thioether (sulfide) groups is 1. The number of H-pyrrole nitrogens is 1. The van der Waals surface area contributed by atoms with Gasteiger partial charge in [-0.15, -0.1) is 0 Å². The molecule has 2 aromatic carbocycles. The molecule has 0 radical (unpaired) electrons. The number of anilines is 1. The second-order valence-electron chi connectivity index (χ2n) is 7.56. The summed E-state index contributed by atoms with van der Waals surface area (Å²) in [7, 11) is 1.57. The van der Waals surface area contributed by atoms with E-state index < -0.39 is 5.92 Å². The highest BCUT2D eigenvalue weighted by Crippen LogP contribution is 2.38. The molecule has 2 N–H and O–H groups in total. The van der Waals surface area contributed by atoms with E-state index in [0.717, 1.165) is 11.1 Å². The number of carbonyl (C=O) groups is 1. The summed E-state index contributed by atoms with van der Waals surface area (Å²) in [4.78, 5) is 32.9. The molecule has 1 aromatic heterocycles. The van der Waals surface area contributed by atoms with Crippen LogP contribution < -0.4 is 20.3 Å². The Balaban J connectivity index is 1.65. The first-order chi connectivity index (χ1) is 15.5. The fraction of sp³-hybridized carbons (Fsp3) is 0.292. The number of nitrogens with one attached hydrogen (secondary N) is 2. The Bertz CT molecular complexity index is 1190. The summed E-state index contributed by atoms with van der Waals surface area (Å²) in [5.41, 5.74) is 3.33. The van der Waals surface area contributed by atoms with Crippen molar-refractivity contribution in [1.29, 1.82) is 0 Å². The van der Waals surface area contributed by atoms with E-state index in [1.807, 2.05) is 26.0 Å². The Morgan fingerprint density at radius 2 is 1.91 bits per heavy atom. The average molecular weight is 452 g/mol. The van der Waals surface area contributed by atoms with Gasteiger partial charge in [0.05, 0.1) is 19.3 Å². The molecule has 3 aromatic rings. The summed E-state index contributed by atoms with van der Waals surface area (Å²) in [6.45, 7) is 4.41. The van der Waals surface area contributed by atoms with Gasteiger partial charge >= 0.3 is 0 Å². The average Bonchev–Trinajstić information content (AvgIpc) is 2.78. The molecule has 1 unspecified atom stereocenters. The van der Waals surface area contributed by atoms with Crippen molar-refractivity contribution in [1.82, 2.24) is 9.97 Å². The third kappa shape index (κ3) is 4.65. The van der Waals surface area contributed by atoms with Crippen LogP contribution in [0.25, 0.3) is 0 Å². The minimum absolute atomic E-state index is 0.158. The van der Waals surface area contributed by atoms with Gasteiger partial charge in [0.2, 0.25) is 5.91 Å². The highest BCUT2D eigenvalue weighted by molar-refractivity contribution is 7.98. The Labute approximate surface area is 190 Å². The first-order valence-electron chi connectivity index (χ1n) is 10.4. The highest BCUT2D eigenvalue weighted by Gasteiger charge is 2.31. The number of hydrogen-bond acceptors (Lipinski definition) is 6. The fourth-order valence-corrected chi connectivity index (χ4v) is 4.53. The number of nitrogens with zero attached hydrogens (tertiary/aromatic N) is 1. The zero-order valence-electron chi connectivity index (χ0n) is 18.2. The van der Waals surface area contributed by atoms with Crippen molar-refractivity contribution >= 4 is 23.5 Å². The maximum absolute atomic E-state index is 13.0. The number of amides is 1. The minimum atomic E-state index is -0.420. The molecular weight excluding hydrogens is 426 g/mol. The van der Waals surface area contributed by atoms with Crippen LogP contribution in [0.2, 0.25) is 0 Å².